The van der Waals surface area contributed by atoms with Crippen LogP contribution in [0.2, 0.25) is 0 Å². The van der Waals surface area contributed by atoms with Gasteiger partial charge < -0.3 is 0 Å². The van der Waals surface area contributed by atoms with Gasteiger partial charge in [-0.3, -0.25) is 0 Å². The zero-order valence-corrected chi connectivity index (χ0v) is 6.13. The molecule has 0 aromatic heterocycles. The average Bonchev–Trinajstić information content (AvgIpc) is 2.18. The van der Waals surface area contributed by atoms with Crippen LogP contribution in [0, 0.1) is 0 Å². The van der Waals surface area contributed by atoms with E-state index in [1.807, 2.05) is 0 Å². The minimum Gasteiger partial charge on any atom is 0 e. The molecule has 6 nitrogen and oxygen atoms in total. The van der Waals surface area contributed by atoms with Gasteiger partial charge in [0.25, 0.3) is 0 Å². The van der Waals surface area contributed by atoms with Gasteiger partial charge in [-0.05, 0) is 0 Å². The van der Waals surface area contributed by atoms with E-state index in [2.05, 4.69) is 13.9 Å². The largest absolute Gasteiger partial charge is 0 e. The quantitative estimate of drug-likeness (QED) is 0.259. The van der Waals surface area contributed by atoms with Gasteiger partial charge in [-0.2, -0.15) is 0 Å². The molecule has 2 N–H and O–H groups in total. The van der Waals surface area contributed by atoms with E-state index < -0.39 is 7.74 Å². The fourth-order valence-electron chi connectivity index (χ4n) is 0.152. The molecule has 0 spiro atoms. The first-order chi connectivity index (χ1) is 3.55. The van der Waals surface area contributed by atoms with Crippen molar-refractivity contribution < 1.29 is 45.8 Å². The van der Waals surface area contributed by atoms with E-state index in [9.17, 15) is 4.79 Å². The molecule has 54 valence electrons. The molecule has 0 atom stereocenters. The van der Waals surface area contributed by atoms with Gasteiger partial charge in [0.1, 0.15) is 0 Å². The SMILES string of the molecule is O=COP1(O)(O)OO1.[Cr]. The van der Waals surface area contributed by atoms with Gasteiger partial charge in [0.05, 0.1) is 0 Å². The number of hydrogen-bond donors (Lipinski definition) is 2. The second-order valence-corrected chi connectivity index (χ2v) is 3.27. The summed E-state index contributed by atoms with van der Waals surface area (Å²) in [6.45, 7) is -0.162. The Kier molecular flexibility index (Phi) is 2.21. The van der Waals surface area contributed by atoms with Crippen LogP contribution in [0.5, 0.6) is 0 Å². The molecular formula is CH3CrO6P. The van der Waals surface area contributed by atoms with E-state index in [0.717, 1.165) is 0 Å². The Morgan fingerprint density at radius 3 is 2.00 bits per heavy atom. The Balaban J connectivity index is 0.000000640. The Hall–Kier alpha value is 0.272. The molecule has 1 saturated heterocycles. The average molecular weight is 194 g/mol. The fraction of sp³-hybridized carbons (Fsp3) is 0. The molecule has 1 aliphatic heterocycles. The summed E-state index contributed by atoms with van der Waals surface area (Å²) in [6.07, 6.45) is 0. The summed E-state index contributed by atoms with van der Waals surface area (Å²) >= 11 is 0. The van der Waals surface area contributed by atoms with Crippen molar-refractivity contribution in [3.05, 3.63) is 0 Å². The maximum Gasteiger partial charge on any atom is 0 e. The van der Waals surface area contributed by atoms with E-state index in [1.165, 1.54) is 0 Å². The van der Waals surface area contributed by atoms with E-state index in [4.69, 9.17) is 9.79 Å². The summed E-state index contributed by atoms with van der Waals surface area (Å²) in [6, 6.07) is 0. The molecule has 1 heterocycles. The monoisotopic (exact) mass is 194 g/mol. The van der Waals surface area contributed by atoms with Crippen LogP contribution in [0.4, 0.5) is 0 Å². The van der Waals surface area contributed by atoms with E-state index in [0.29, 0.717) is 0 Å². The fourth-order valence-corrected chi connectivity index (χ4v) is 0.717. The van der Waals surface area contributed by atoms with Gasteiger partial charge in [-0.1, -0.05) is 0 Å². The van der Waals surface area contributed by atoms with Crippen LogP contribution in [-0.4, -0.2) is 16.3 Å². The van der Waals surface area contributed by atoms with Crippen LogP contribution in [0.15, 0.2) is 0 Å². The summed E-state index contributed by atoms with van der Waals surface area (Å²) in [7, 11) is -4.72. The van der Waals surface area contributed by atoms with Crippen molar-refractivity contribution in [2.24, 2.45) is 0 Å². The van der Waals surface area contributed by atoms with Crippen molar-refractivity contribution in [1.82, 2.24) is 0 Å². The summed E-state index contributed by atoms with van der Waals surface area (Å²) in [4.78, 5) is 26.2. The second kappa shape index (κ2) is 2.15. The topological polar surface area (TPSA) is 91.8 Å². The van der Waals surface area contributed by atoms with Crippen LogP contribution in [-0.2, 0) is 36.0 Å². The number of hydrogen-bond acceptors (Lipinski definition) is 6. The van der Waals surface area contributed by atoms with Gasteiger partial charge in [0, 0.05) is 17.4 Å². The van der Waals surface area contributed by atoms with Gasteiger partial charge in [-0.15, -0.1) is 0 Å². The molecule has 8 heteroatoms. The Bertz CT molecular complexity index is 125. The maximum atomic E-state index is 9.40. The molecule has 1 fully saturated rings. The number of carbonyl (C=O) groups is 1. The molecule has 0 amide bonds. The first kappa shape index (κ1) is 9.27. The van der Waals surface area contributed by atoms with Crippen molar-refractivity contribution in [2.45, 2.75) is 0 Å². The molecule has 0 aromatic carbocycles. The van der Waals surface area contributed by atoms with Crippen LogP contribution in [0.3, 0.4) is 0 Å². The third-order valence-corrected chi connectivity index (χ3v) is 1.48. The minimum atomic E-state index is -4.72. The molecule has 1 aliphatic rings. The molecular weight excluding hydrogens is 191 g/mol. The minimum absolute atomic E-state index is 0. The van der Waals surface area contributed by atoms with Crippen molar-refractivity contribution in [3.8, 4) is 0 Å². The predicted octanol–water partition coefficient (Wildman–Crippen LogP) is -0.768. The molecule has 0 saturated carbocycles. The normalized spacial score (nSPS) is 30.2. The Morgan fingerprint density at radius 2 is 1.89 bits per heavy atom. The van der Waals surface area contributed by atoms with Crippen molar-refractivity contribution >= 4 is 14.2 Å². The van der Waals surface area contributed by atoms with E-state index in [-0.39, 0.29) is 23.8 Å². The van der Waals surface area contributed by atoms with Crippen LogP contribution in [0.1, 0.15) is 0 Å². The van der Waals surface area contributed by atoms with Crippen molar-refractivity contribution in [3.63, 3.8) is 0 Å². The number of carbonyl (C=O) groups excluding carboxylic acids is 1. The zero-order chi connectivity index (χ0) is 6.28. The standard InChI is InChI=1S/CH3O6P.Cr/c2-1-5-8(3,4)6-7-8;/h1,3-4H;. The zero-order valence-electron chi connectivity index (χ0n) is 3.96. The van der Waals surface area contributed by atoms with E-state index >= 15 is 0 Å². The third kappa shape index (κ3) is 2.16. The number of rotatable bonds is 2. The summed E-state index contributed by atoms with van der Waals surface area (Å²) in [5.41, 5.74) is 0. The second-order valence-electron chi connectivity index (χ2n) is 1.15. The Labute approximate surface area is 60.7 Å². The third-order valence-electron chi connectivity index (χ3n) is 0.492. The summed E-state index contributed by atoms with van der Waals surface area (Å²) in [5, 5.41) is 0. The van der Waals surface area contributed by atoms with Crippen LogP contribution < -0.4 is 0 Å². The first-order valence-electron chi connectivity index (χ1n) is 1.59. The van der Waals surface area contributed by atoms with Crippen LogP contribution in [0.25, 0.3) is 0 Å². The molecule has 0 unspecified atom stereocenters. The van der Waals surface area contributed by atoms with E-state index in [1.54, 1.807) is 0 Å². The van der Waals surface area contributed by atoms with Crippen molar-refractivity contribution in [1.29, 1.82) is 0 Å². The summed E-state index contributed by atoms with van der Waals surface area (Å²) in [5.74, 6) is 0. The molecule has 1 rings (SSSR count). The molecule has 0 radical (unpaired) electrons. The van der Waals surface area contributed by atoms with Gasteiger partial charge >= 0.3 is 42.7 Å². The van der Waals surface area contributed by atoms with Gasteiger partial charge in [-0.25, -0.2) is 0 Å². The summed E-state index contributed by atoms with van der Waals surface area (Å²) < 4.78 is 10.9. The predicted molar refractivity (Wildman–Crippen MR) is 20.7 cm³/mol. The molecule has 0 aromatic rings. The van der Waals surface area contributed by atoms with Gasteiger partial charge in [0.15, 0.2) is 0 Å². The maximum absolute atomic E-state index is 9.40. The molecule has 0 aliphatic carbocycles. The van der Waals surface area contributed by atoms with Crippen molar-refractivity contribution in [2.75, 3.05) is 0 Å². The smallest absolute Gasteiger partial charge is 0 e. The van der Waals surface area contributed by atoms with Gasteiger partial charge in [0.2, 0.25) is 0 Å². The van der Waals surface area contributed by atoms with Crippen LogP contribution >= 0.6 is 7.74 Å². The molecule has 0 bridgehead atoms. The first-order valence-corrected chi connectivity index (χ1v) is 3.48. The molecule has 9 heavy (non-hydrogen) atoms. The Morgan fingerprint density at radius 1 is 1.44 bits per heavy atom.